The minimum atomic E-state index is -0.138. The van der Waals surface area contributed by atoms with Gasteiger partial charge in [0, 0.05) is 31.8 Å². The molecule has 0 saturated carbocycles. The van der Waals surface area contributed by atoms with Crippen LogP contribution in [0.25, 0.3) is 0 Å². The highest BCUT2D eigenvalue weighted by Crippen LogP contribution is 2.29. The Morgan fingerprint density at radius 1 is 1.17 bits per heavy atom. The number of pyridine rings is 1. The van der Waals surface area contributed by atoms with Gasteiger partial charge in [-0.05, 0) is 23.8 Å². The van der Waals surface area contributed by atoms with Gasteiger partial charge in [-0.25, -0.2) is 4.98 Å². The van der Waals surface area contributed by atoms with Gasteiger partial charge in [-0.2, -0.15) is 0 Å². The number of hydrogen-bond acceptors (Lipinski definition) is 4. The highest BCUT2D eigenvalue weighted by Gasteiger charge is 2.19. The lowest BCUT2D eigenvalue weighted by molar-refractivity contribution is 0.414. The van der Waals surface area contributed by atoms with Crippen LogP contribution in [0.15, 0.2) is 55.1 Å². The van der Waals surface area contributed by atoms with Gasteiger partial charge in [0.2, 0.25) is 0 Å². The Bertz CT molecular complexity index is 785. The molecule has 3 aromatic rings. The standard InChI is InChI=1S/C17H17ClN4O/c1-22-10-9-20-17(22)16(12-3-5-13(23-2)6-4-12)21-15-7-8-19-11-14(15)18/h3-11,16H,1-2H3,(H,19,21). The van der Waals surface area contributed by atoms with E-state index in [2.05, 4.69) is 15.3 Å². The van der Waals surface area contributed by atoms with E-state index in [1.807, 2.05) is 48.1 Å². The molecule has 1 aromatic carbocycles. The number of halogens is 1. The van der Waals surface area contributed by atoms with Gasteiger partial charge in [-0.3, -0.25) is 4.98 Å². The highest BCUT2D eigenvalue weighted by molar-refractivity contribution is 6.33. The molecule has 0 amide bonds. The summed E-state index contributed by atoms with van der Waals surface area (Å²) in [4.78, 5) is 8.49. The SMILES string of the molecule is COc1ccc(C(Nc2ccncc2Cl)c2nccn2C)cc1. The molecule has 5 nitrogen and oxygen atoms in total. The molecular formula is C17H17ClN4O. The first-order valence-electron chi connectivity index (χ1n) is 7.16. The smallest absolute Gasteiger partial charge is 0.135 e. The van der Waals surface area contributed by atoms with E-state index in [0.717, 1.165) is 22.8 Å². The van der Waals surface area contributed by atoms with Gasteiger partial charge >= 0.3 is 0 Å². The van der Waals surface area contributed by atoms with Crippen molar-refractivity contribution in [2.75, 3.05) is 12.4 Å². The summed E-state index contributed by atoms with van der Waals surface area (Å²) >= 11 is 6.23. The van der Waals surface area contributed by atoms with E-state index >= 15 is 0 Å². The molecule has 0 fully saturated rings. The summed E-state index contributed by atoms with van der Waals surface area (Å²) in [7, 11) is 3.62. The molecule has 1 unspecified atom stereocenters. The molecule has 6 heteroatoms. The van der Waals surface area contributed by atoms with Crippen molar-refractivity contribution in [2.24, 2.45) is 7.05 Å². The molecule has 2 aromatic heterocycles. The number of methoxy groups -OCH3 is 1. The Balaban J connectivity index is 2.00. The van der Waals surface area contributed by atoms with E-state index in [1.165, 1.54) is 0 Å². The summed E-state index contributed by atoms with van der Waals surface area (Å²) < 4.78 is 7.21. The molecule has 118 valence electrons. The Morgan fingerprint density at radius 2 is 1.96 bits per heavy atom. The summed E-state index contributed by atoms with van der Waals surface area (Å²) in [5, 5.41) is 4.02. The summed E-state index contributed by atoms with van der Waals surface area (Å²) in [5.74, 6) is 1.71. The zero-order chi connectivity index (χ0) is 16.2. The second-order valence-corrected chi connectivity index (χ2v) is 5.51. The number of rotatable bonds is 5. The van der Waals surface area contributed by atoms with Crippen molar-refractivity contribution in [1.29, 1.82) is 0 Å². The third kappa shape index (κ3) is 3.29. The third-order valence-electron chi connectivity index (χ3n) is 3.64. The molecule has 23 heavy (non-hydrogen) atoms. The lowest BCUT2D eigenvalue weighted by Gasteiger charge is -2.21. The van der Waals surface area contributed by atoms with Crippen LogP contribution in [-0.2, 0) is 7.05 Å². The van der Waals surface area contributed by atoms with Crippen LogP contribution in [0, 0.1) is 0 Å². The molecule has 0 radical (unpaired) electrons. The number of benzene rings is 1. The second-order valence-electron chi connectivity index (χ2n) is 5.10. The van der Waals surface area contributed by atoms with Crippen LogP contribution in [0.2, 0.25) is 5.02 Å². The first-order valence-corrected chi connectivity index (χ1v) is 7.54. The Hall–Kier alpha value is -2.53. The molecule has 0 aliphatic rings. The van der Waals surface area contributed by atoms with E-state index in [9.17, 15) is 0 Å². The zero-order valence-electron chi connectivity index (χ0n) is 12.9. The molecule has 0 bridgehead atoms. The minimum absolute atomic E-state index is 0.138. The van der Waals surface area contributed by atoms with Gasteiger partial charge in [0.25, 0.3) is 0 Å². The number of anilines is 1. The van der Waals surface area contributed by atoms with Gasteiger partial charge < -0.3 is 14.6 Å². The zero-order valence-corrected chi connectivity index (χ0v) is 13.7. The number of ether oxygens (including phenoxy) is 1. The summed E-state index contributed by atoms with van der Waals surface area (Å²) in [5.41, 5.74) is 1.87. The number of nitrogens with one attached hydrogen (secondary N) is 1. The molecule has 0 saturated heterocycles. The van der Waals surface area contributed by atoms with Crippen molar-refractivity contribution >= 4 is 17.3 Å². The van der Waals surface area contributed by atoms with Crippen LogP contribution in [-0.4, -0.2) is 21.6 Å². The van der Waals surface area contributed by atoms with Crippen molar-refractivity contribution in [2.45, 2.75) is 6.04 Å². The van der Waals surface area contributed by atoms with E-state index in [4.69, 9.17) is 16.3 Å². The molecule has 2 heterocycles. The fourth-order valence-electron chi connectivity index (χ4n) is 2.40. The largest absolute Gasteiger partial charge is 0.497 e. The molecule has 1 N–H and O–H groups in total. The van der Waals surface area contributed by atoms with E-state index in [1.54, 1.807) is 25.7 Å². The predicted molar refractivity (Wildman–Crippen MR) is 90.9 cm³/mol. The third-order valence-corrected chi connectivity index (χ3v) is 3.94. The van der Waals surface area contributed by atoms with Gasteiger partial charge in [0.05, 0.1) is 17.8 Å². The van der Waals surface area contributed by atoms with E-state index in [-0.39, 0.29) is 6.04 Å². The average molecular weight is 329 g/mol. The van der Waals surface area contributed by atoms with Gasteiger partial charge in [-0.15, -0.1) is 0 Å². The molecular weight excluding hydrogens is 312 g/mol. The first-order chi connectivity index (χ1) is 11.2. The first kappa shape index (κ1) is 15.4. The molecule has 3 rings (SSSR count). The Labute approximate surface area is 139 Å². The summed E-state index contributed by atoms with van der Waals surface area (Å²) in [6.07, 6.45) is 7.02. The Morgan fingerprint density at radius 3 is 2.57 bits per heavy atom. The quantitative estimate of drug-likeness (QED) is 0.776. The van der Waals surface area contributed by atoms with Crippen LogP contribution in [0.3, 0.4) is 0 Å². The predicted octanol–water partition coefficient (Wildman–Crippen LogP) is 3.68. The number of nitrogens with zero attached hydrogens (tertiary/aromatic N) is 3. The number of imidazole rings is 1. The molecule has 0 aliphatic carbocycles. The van der Waals surface area contributed by atoms with Crippen LogP contribution in [0.1, 0.15) is 17.4 Å². The van der Waals surface area contributed by atoms with Crippen molar-refractivity contribution in [3.8, 4) is 5.75 Å². The minimum Gasteiger partial charge on any atom is -0.497 e. The van der Waals surface area contributed by atoms with Crippen molar-refractivity contribution in [3.63, 3.8) is 0 Å². The van der Waals surface area contributed by atoms with E-state index < -0.39 is 0 Å². The highest BCUT2D eigenvalue weighted by atomic mass is 35.5. The van der Waals surface area contributed by atoms with Gasteiger partial charge in [0.1, 0.15) is 17.6 Å². The topological polar surface area (TPSA) is 52.0 Å². The van der Waals surface area contributed by atoms with Crippen LogP contribution in [0.5, 0.6) is 5.75 Å². The monoisotopic (exact) mass is 328 g/mol. The lowest BCUT2D eigenvalue weighted by atomic mass is 10.1. The second kappa shape index (κ2) is 6.71. The summed E-state index contributed by atoms with van der Waals surface area (Å²) in [6.45, 7) is 0. The van der Waals surface area contributed by atoms with E-state index in [0.29, 0.717) is 5.02 Å². The lowest BCUT2D eigenvalue weighted by Crippen LogP contribution is -2.17. The maximum atomic E-state index is 6.23. The van der Waals surface area contributed by atoms with Crippen LogP contribution in [0.4, 0.5) is 5.69 Å². The normalized spacial score (nSPS) is 12.0. The number of hydrogen-bond donors (Lipinski definition) is 1. The van der Waals surface area contributed by atoms with Crippen LogP contribution < -0.4 is 10.1 Å². The summed E-state index contributed by atoms with van der Waals surface area (Å²) in [6, 6.07) is 9.60. The average Bonchev–Trinajstić information content (AvgIpc) is 3.00. The fourth-order valence-corrected chi connectivity index (χ4v) is 2.57. The molecule has 1 atom stereocenters. The molecule has 0 aliphatic heterocycles. The maximum absolute atomic E-state index is 6.23. The van der Waals surface area contributed by atoms with Crippen LogP contribution >= 0.6 is 11.6 Å². The number of aromatic nitrogens is 3. The van der Waals surface area contributed by atoms with Crippen molar-refractivity contribution < 1.29 is 4.74 Å². The van der Waals surface area contributed by atoms with Crippen molar-refractivity contribution in [3.05, 3.63) is 71.5 Å². The van der Waals surface area contributed by atoms with Crippen molar-refractivity contribution in [1.82, 2.24) is 14.5 Å². The van der Waals surface area contributed by atoms with Gasteiger partial charge in [0.15, 0.2) is 0 Å². The molecule has 0 spiro atoms. The number of aryl methyl sites for hydroxylation is 1. The maximum Gasteiger partial charge on any atom is 0.135 e. The fraction of sp³-hybridized carbons (Fsp3) is 0.176. The van der Waals surface area contributed by atoms with Gasteiger partial charge in [-0.1, -0.05) is 23.7 Å². The Kier molecular flexibility index (Phi) is 4.48.